The minimum Gasteiger partial charge on any atom is -0.493 e. The molecule has 0 aliphatic rings. The van der Waals surface area contributed by atoms with Crippen molar-refractivity contribution in [2.24, 2.45) is 0 Å². The van der Waals surface area contributed by atoms with Gasteiger partial charge in [-0.05, 0) is 44.0 Å². The van der Waals surface area contributed by atoms with E-state index in [1.807, 2.05) is 25.1 Å². The zero-order valence-electron chi connectivity index (χ0n) is 11.3. The van der Waals surface area contributed by atoms with Crippen LogP contribution in [-0.2, 0) is 6.54 Å². The summed E-state index contributed by atoms with van der Waals surface area (Å²) in [4.78, 5) is 0. The molecule has 1 unspecified atom stereocenters. The van der Waals surface area contributed by atoms with Crippen molar-refractivity contribution >= 4 is 11.6 Å². The summed E-state index contributed by atoms with van der Waals surface area (Å²) in [6.45, 7) is 3.83. The molecule has 0 aromatic heterocycles. The number of methoxy groups -OCH3 is 2. The predicted molar refractivity (Wildman–Crippen MR) is 75.8 cm³/mol. The van der Waals surface area contributed by atoms with Crippen molar-refractivity contribution in [3.05, 3.63) is 23.8 Å². The highest BCUT2D eigenvalue weighted by Crippen LogP contribution is 2.27. The molecular weight excluding hydrogens is 250 g/mol. The van der Waals surface area contributed by atoms with Crippen LogP contribution in [0.4, 0.5) is 0 Å². The van der Waals surface area contributed by atoms with Gasteiger partial charge in [0.1, 0.15) is 0 Å². The highest BCUT2D eigenvalue weighted by atomic mass is 35.5. The van der Waals surface area contributed by atoms with Crippen molar-refractivity contribution in [1.29, 1.82) is 0 Å². The average Bonchev–Trinajstić information content (AvgIpc) is 2.37. The fraction of sp³-hybridized carbons (Fsp3) is 0.571. The molecule has 0 heterocycles. The molecule has 0 saturated carbocycles. The van der Waals surface area contributed by atoms with Crippen molar-refractivity contribution in [2.75, 3.05) is 20.8 Å². The van der Waals surface area contributed by atoms with Gasteiger partial charge in [-0.15, -0.1) is 11.6 Å². The molecule has 0 aliphatic carbocycles. The Kier molecular flexibility index (Phi) is 6.91. The second-order valence-electron chi connectivity index (χ2n) is 4.29. The van der Waals surface area contributed by atoms with Crippen molar-refractivity contribution < 1.29 is 9.47 Å². The maximum Gasteiger partial charge on any atom is 0.161 e. The molecule has 0 aliphatic heterocycles. The molecule has 102 valence electrons. The molecule has 1 rings (SSSR count). The van der Waals surface area contributed by atoms with Crippen LogP contribution in [0.2, 0.25) is 0 Å². The largest absolute Gasteiger partial charge is 0.493 e. The number of benzene rings is 1. The fourth-order valence-corrected chi connectivity index (χ4v) is 1.89. The van der Waals surface area contributed by atoms with Crippen LogP contribution in [0.3, 0.4) is 0 Å². The SMILES string of the molecule is COc1ccc(CNCCCC(C)Cl)cc1OC. The number of hydrogen-bond donors (Lipinski definition) is 1. The van der Waals surface area contributed by atoms with Crippen molar-refractivity contribution in [3.63, 3.8) is 0 Å². The third-order valence-corrected chi connectivity index (χ3v) is 2.95. The van der Waals surface area contributed by atoms with Crippen LogP contribution in [0.15, 0.2) is 18.2 Å². The number of halogens is 1. The monoisotopic (exact) mass is 271 g/mol. The summed E-state index contributed by atoms with van der Waals surface area (Å²) in [5.74, 6) is 1.53. The van der Waals surface area contributed by atoms with Gasteiger partial charge in [0.25, 0.3) is 0 Å². The zero-order chi connectivity index (χ0) is 13.4. The topological polar surface area (TPSA) is 30.5 Å². The quantitative estimate of drug-likeness (QED) is 0.582. The van der Waals surface area contributed by atoms with Crippen molar-refractivity contribution in [1.82, 2.24) is 5.32 Å². The van der Waals surface area contributed by atoms with E-state index < -0.39 is 0 Å². The lowest BCUT2D eigenvalue weighted by Crippen LogP contribution is -2.15. The molecule has 1 aromatic rings. The van der Waals surface area contributed by atoms with E-state index in [1.54, 1.807) is 14.2 Å². The van der Waals surface area contributed by atoms with Gasteiger partial charge in [-0.2, -0.15) is 0 Å². The van der Waals surface area contributed by atoms with E-state index in [0.29, 0.717) is 0 Å². The first-order valence-corrected chi connectivity index (χ1v) is 6.66. The summed E-state index contributed by atoms with van der Waals surface area (Å²) in [5.41, 5.74) is 1.19. The maximum atomic E-state index is 5.89. The molecule has 0 fully saturated rings. The van der Waals surface area contributed by atoms with Crippen LogP contribution in [-0.4, -0.2) is 26.1 Å². The van der Waals surface area contributed by atoms with Gasteiger partial charge in [0.2, 0.25) is 0 Å². The molecule has 0 radical (unpaired) electrons. The molecule has 18 heavy (non-hydrogen) atoms. The lowest BCUT2D eigenvalue weighted by molar-refractivity contribution is 0.354. The number of nitrogens with one attached hydrogen (secondary N) is 1. The van der Waals surface area contributed by atoms with Gasteiger partial charge in [0.15, 0.2) is 11.5 Å². The minimum absolute atomic E-state index is 0.257. The molecule has 0 spiro atoms. The number of alkyl halides is 1. The maximum absolute atomic E-state index is 5.89. The van der Waals surface area contributed by atoms with Gasteiger partial charge in [0.05, 0.1) is 14.2 Å². The Morgan fingerprint density at radius 3 is 2.56 bits per heavy atom. The predicted octanol–water partition coefficient (Wildman–Crippen LogP) is 3.20. The van der Waals surface area contributed by atoms with E-state index in [1.165, 1.54) is 5.56 Å². The molecule has 1 N–H and O–H groups in total. The summed E-state index contributed by atoms with van der Waals surface area (Å²) in [7, 11) is 3.29. The molecule has 0 saturated heterocycles. The molecule has 1 atom stereocenters. The lowest BCUT2D eigenvalue weighted by Gasteiger charge is -2.10. The van der Waals surface area contributed by atoms with Crippen LogP contribution in [0.25, 0.3) is 0 Å². The van der Waals surface area contributed by atoms with E-state index in [9.17, 15) is 0 Å². The van der Waals surface area contributed by atoms with Crippen LogP contribution in [0.1, 0.15) is 25.3 Å². The molecule has 0 amide bonds. The Hall–Kier alpha value is -0.930. The fourth-order valence-electron chi connectivity index (χ4n) is 1.73. The van der Waals surface area contributed by atoms with E-state index >= 15 is 0 Å². The van der Waals surface area contributed by atoms with Crippen LogP contribution in [0, 0.1) is 0 Å². The minimum atomic E-state index is 0.257. The first kappa shape index (κ1) is 15.1. The molecule has 3 nitrogen and oxygen atoms in total. The molecule has 0 bridgehead atoms. The van der Waals surface area contributed by atoms with Crippen LogP contribution >= 0.6 is 11.6 Å². The van der Waals surface area contributed by atoms with E-state index in [4.69, 9.17) is 21.1 Å². The van der Waals surface area contributed by atoms with Gasteiger partial charge in [0, 0.05) is 11.9 Å². The van der Waals surface area contributed by atoms with E-state index in [-0.39, 0.29) is 5.38 Å². The summed E-state index contributed by atoms with van der Waals surface area (Å²) in [5, 5.41) is 3.65. The van der Waals surface area contributed by atoms with Gasteiger partial charge in [-0.1, -0.05) is 6.07 Å². The zero-order valence-corrected chi connectivity index (χ0v) is 12.1. The van der Waals surface area contributed by atoms with Gasteiger partial charge in [-0.25, -0.2) is 0 Å². The van der Waals surface area contributed by atoms with Crippen LogP contribution < -0.4 is 14.8 Å². The first-order chi connectivity index (χ1) is 8.67. The van der Waals surface area contributed by atoms with E-state index in [2.05, 4.69) is 5.32 Å². The number of hydrogen-bond acceptors (Lipinski definition) is 3. The number of rotatable bonds is 8. The molecular formula is C14H22ClNO2. The van der Waals surface area contributed by atoms with Gasteiger partial charge in [-0.3, -0.25) is 0 Å². The smallest absolute Gasteiger partial charge is 0.161 e. The highest BCUT2D eigenvalue weighted by Gasteiger charge is 2.04. The summed E-state index contributed by atoms with van der Waals surface area (Å²) in [6.07, 6.45) is 2.14. The van der Waals surface area contributed by atoms with Crippen LogP contribution in [0.5, 0.6) is 11.5 Å². The Bertz CT molecular complexity index is 356. The second-order valence-corrected chi connectivity index (χ2v) is 5.03. The van der Waals surface area contributed by atoms with E-state index in [0.717, 1.165) is 37.4 Å². The third kappa shape index (κ3) is 5.15. The Labute approximate surface area is 114 Å². The summed E-state index contributed by atoms with van der Waals surface area (Å²) < 4.78 is 10.5. The van der Waals surface area contributed by atoms with Gasteiger partial charge >= 0.3 is 0 Å². The Balaban J connectivity index is 2.38. The molecule has 1 aromatic carbocycles. The Morgan fingerprint density at radius 1 is 1.22 bits per heavy atom. The highest BCUT2D eigenvalue weighted by molar-refractivity contribution is 6.20. The number of ether oxygens (including phenoxy) is 2. The van der Waals surface area contributed by atoms with Gasteiger partial charge < -0.3 is 14.8 Å². The first-order valence-electron chi connectivity index (χ1n) is 6.23. The third-order valence-electron chi connectivity index (χ3n) is 2.73. The second kappa shape index (κ2) is 8.22. The lowest BCUT2D eigenvalue weighted by atomic mass is 10.2. The summed E-state index contributed by atoms with van der Waals surface area (Å²) in [6, 6.07) is 5.96. The standard InChI is InChI=1S/C14H22ClNO2/c1-11(15)5-4-8-16-10-12-6-7-13(17-2)14(9-12)18-3/h6-7,9,11,16H,4-5,8,10H2,1-3H3. The average molecular weight is 272 g/mol. The normalized spacial score (nSPS) is 12.2. The Morgan fingerprint density at radius 2 is 1.94 bits per heavy atom. The van der Waals surface area contributed by atoms with Crippen molar-refractivity contribution in [3.8, 4) is 11.5 Å². The summed E-state index contributed by atoms with van der Waals surface area (Å²) >= 11 is 5.89. The van der Waals surface area contributed by atoms with Crippen molar-refractivity contribution in [2.45, 2.75) is 31.7 Å². The molecule has 4 heteroatoms.